The second kappa shape index (κ2) is 6.42. The zero-order chi connectivity index (χ0) is 12.8. The van der Waals surface area contributed by atoms with E-state index < -0.39 is 12.1 Å². The van der Waals surface area contributed by atoms with Crippen molar-refractivity contribution >= 4 is 23.4 Å². The Morgan fingerprint density at radius 2 is 2.29 bits per heavy atom. The summed E-state index contributed by atoms with van der Waals surface area (Å²) in [5.41, 5.74) is 0.0399. The van der Waals surface area contributed by atoms with Crippen molar-refractivity contribution in [2.45, 2.75) is 25.9 Å². The van der Waals surface area contributed by atoms with Crippen LogP contribution in [0.1, 0.15) is 30.1 Å². The first-order chi connectivity index (χ1) is 8.04. The Morgan fingerprint density at radius 3 is 2.88 bits per heavy atom. The summed E-state index contributed by atoms with van der Waals surface area (Å²) >= 11 is 5.69. The minimum atomic E-state index is -1.08. The number of carboxylic acids is 1. The van der Waals surface area contributed by atoms with Gasteiger partial charge in [0, 0.05) is 6.54 Å². The van der Waals surface area contributed by atoms with Crippen molar-refractivity contribution in [1.82, 2.24) is 4.98 Å². The van der Waals surface area contributed by atoms with Crippen LogP contribution >= 0.6 is 11.6 Å². The number of nitrogens with zero attached hydrogens (tertiary/aromatic N) is 1. The van der Waals surface area contributed by atoms with Gasteiger partial charge in [-0.3, -0.25) is 0 Å². The van der Waals surface area contributed by atoms with E-state index in [1.165, 1.54) is 12.1 Å². The molecule has 1 unspecified atom stereocenters. The van der Waals surface area contributed by atoms with Crippen LogP contribution < -0.4 is 5.32 Å². The molecule has 1 rings (SSSR count). The van der Waals surface area contributed by atoms with Gasteiger partial charge >= 0.3 is 5.97 Å². The van der Waals surface area contributed by atoms with Gasteiger partial charge in [-0.1, -0.05) is 24.9 Å². The average molecular weight is 259 g/mol. The summed E-state index contributed by atoms with van der Waals surface area (Å²) in [5.74, 6) is -0.901. The molecule has 6 heteroatoms. The molecule has 0 aliphatic rings. The number of pyridine rings is 1. The van der Waals surface area contributed by atoms with Crippen molar-refractivity contribution in [3.63, 3.8) is 0 Å². The van der Waals surface area contributed by atoms with Gasteiger partial charge in [0.25, 0.3) is 0 Å². The monoisotopic (exact) mass is 258 g/mol. The smallest absolute Gasteiger partial charge is 0.339 e. The number of aromatic nitrogens is 1. The fourth-order valence-electron chi connectivity index (χ4n) is 1.39. The van der Waals surface area contributed by atoms with Crippen molar-refractivity contribution in [2.75, 3.05) is 11.9 Å². The van der Waals surface area contributed by atoms with E-state index in [0.717, 1.165) is 6.42 Å². The van der Waals surface area contributed by atoms with Crippen molar-refractivity contribution < 1.29 is 15.0 Å². The predicted molar refractivity (Wildman–Crippen MR) is 65.6 cm³/mol. The van der Waals surface area contributed by atoms with Crippen LogP contribution in [-0.2, 0) is 0 Å². The number of anilines is 1. The Labute approximate surface area is 104 Å². The van der Waals surface area contributed by atoms with Gasteiger partial charge in [0.2, 0.25) is 0 Å². The Balaban J connectivity index is 2.75. The molecule has 0 fully saturated rings. The normalized spacial score (nSPS) is 12.2. The predicted octanol–water partition coefficient (Wildman–Crippen LogP) is 2.01. The minimum Gasteiger partial charge on any atom is -0.478 e. The van der Waals surface area contributed by atoms with E-state index in [-0.39, 0.29) is 23.1 Å². The summed E-state index contributed by atoms with van der Waals surface area (Å²) in [4.78, 5) is 14.8. The number of carboxylic acid groups (broad SMARTS) is 1. The van der Waals surface area contributed by atoms with Crippen LogP contribution in [0.3, 0.4) is 0 Å². The van der Waals surface area contributed by atoms with Gasteiger partial charge in [-0.05, 0) is 18.6 Å². The van der Waals surface area contributed by atoms with Crippen LogP contribution in [0.4, 0.5) is 5.82 Å². The Hall–Kier alpha value is -1.33. The number of nitrogens with one attached hydrogen (secondary N) is 1. The summed E-state index contributed by atoms with van der Waals surface area (Å²) in [6, 6.07) is 2.80. The molecule has 3 N–H and O–H groups in total. The number of aromatic carboxylic acids is 1. The number of rotatable bonds is 6. The van der Waals surface area contributed by atoms with Crippen LogP contribution in [0.25, 0.3) is 0 Å². The van der Waals surface area contributed by atoms with Crippen LogP contribution in [0.15, 0.2) is 12.1 Å². The quantitative estimate of drug-likeness (QED) is 0.680. The molecule has 0 saturated heterocycles. The zero-order valence-electron chi connectivity index (χ0n) is 9.48. The molecule has 1 heterocycles. The number of hydrogen-bond acceptors (Lipinski definition) is 4. The molecule has 1 aromatic heterocycles. The summed E-state index contributed by atoms with van der Waals surface area (Å²) in [5, 5.41) is 21.5. The van der Waals surface area contributed by atoms with Crippen molar-refractivity contribution in [3.05, 3.63) is 22.8 Å². The highest BCUT2D eigenvalue weighted by Crippen LogP contribution is 2.16. The molecule has 0 aromatic carbocycles. The lowest BCUT2D eigenvalue weighted by atomic mass is 10.2. The summed E-state index contributed by atoms with van der Waals surface area (Å²) in [6.45, 7) is 2.21. The third-order valence-corrected chi connectivity index (χ3v) is 2.43. The highest BCUT2D eigenvalue weighted by Gasteiger charge is 2.13. The highest BCUT2D eigenvalue weighted by molar-refractivity contribution is 6.29. The largest absolute Gasteiger partial charge is 0.478 e. The average Bonchev–Trinajstić information content (AvgIpc) is 2.26. The minimum absolute atomic E-state index is 0.0399. The van der Waals surface area contributed by atoms with Crippen LogP contribution in [0, 0.1) is 0 Å². The first-order valence-electron chi connectivity index (χ1n) is 5.36. The topological polar surface area (TPSA) is 82.5 Å². The van der Waals surface area contributed by atoms with Crippen molar-refractivity contribution in [2.24, 2.45) is 0 Å². The van der Waals surface area contributed by atoms with E-state index in [2.05, 4.69) is 10.3 Å². The molecular weight excluding hydrogens is 244 g/mol. The molecule has 17 heavy (non-hydrogen) atoms. The van der Waals surface area contributed by atoms with E-state index in [1.54, 1.807) is 0 Å². The van der Waals surface area contributed by atoms with Gasteiger partial charge in [0.1, 0.15) is 16.5 Å². The van der Waals surface area contributed by atoms with Gasteiger partial charge in [0.05, 0.1) is 6.10 Å². The molecule has 1 aromatic rings. The Kier molecular flexibility index (Phi) is 5.18. The Bertz CT molecular complexity index is 398. The van der Waals surface area contributed by atoms with Gasteiger partial charge in [-0.15, -0.1) is 0 Å². The number of aliphatic hydroxyl groups is 1. The lowest BCUT2D eigenvalue weighted by molar-refractivity contribution is 0.0697. The van der Waals surface area contributed by atoms with Crippen molar-refractivity contribution in [1.29, 1.82) is 0 Å². The third-order valence-electron chi connectivity index (χ3n) is 2.22. The van der Waals surface area contributed by atoms with Crippen LogP contribution in [0.2, 0.25) is 5.15 Å². The van der Waals surface area contributed by atoms with Crippen LogP contribution in [0.5, 0.6) is 0 Å². The Morgan fingerprint density at radius 1 is 1.59 bits per heavy atom. The molecule has 5 nitrogen and oxygen atoms in total. The molecule has 0 aliphatic heterocycles. The van der Waals surface area contributed by atoms with E-state index in [4.69, 9.17) is 16.7 Å². The first kappa shape index (κ1) is 13.7. The summed E-state index contributed by atoms with van der Waals surface area (Å²) in [7, 11) is 0. The lowest BCUT2D eigenvalue weighted by Crippen LogP contribution is -2.21. The maximum atomic E-state index is 10.9. The highest BCUT2D eigenvalue weighted by atomic mass is 35.5. The molecule has 0 spiro atoms. The SMILES string of the molecule is CCCC(O)CNc1nc(Cl)ccc1C(=O)O. The number of hydrogen-bond donors (Lipinski definition) is 3. The number of carbonyl (C=O) groups is 1. The molecule has 0 aliphatic carbocycles. The van der Waals surface area contributed by atoms with Gasteiger partial charge in [-0.2, -0.15) is 0 Å². The molecule has 0 bridgehead atoms. The van der Waals surface area contributed by atoms with Gasteiger partial charge < -0.3 is 15.5 Å². The standard InChI is InChI=1S/C11H15ClN2O3/c1-2-3-7(15)6-13-10-8(11(16)17)4-5-9(12)14-10/h4-5,7,15H,2-3,6H2,1H3,(H,13,14)(H,16,17). The van der Waals surface area contributed by atoms with E-state index in [0.29, 0.717) is 6.42 Å². The van der Waals surface area contributed by atoms with Crippen molar-refractivity contribution in [3.8, 4) is 0 Å². The summed E-state index contributed by atoms with van der Waals surface area (Å²) in [6.07, 6.45) is 0.982. The fourth-order valence-corrected chi connectivity index (χ4v) is 1.54. The summed E-state index contributed by atoms with van der Waals surface area (Å²) < 4.78 is 0. The third kappa shape index (κ3) is 4.20. The number of halogens is 1. The van der Waals surface area contributed by atoms with E-state index >= 15 is 0 Å². The van der Waals surface area contributed by atoms with E-state index in [9.17, 15) is 9.90 Å². The molecule has 0 amide bonds. The maximum absolute atomic E-state index is 10.9. The molecular formula is C11H15ClN2O3. The second-order valence-corrected chi connectivity index (χ2v) is 4.05. The second-order valence-electron chi connectivity index (χ2n) is 3.66. The first-order valence-corrected chi connectivity index (χ1v) is 5.74. The molecule has 0 radical (unpaired) electrons. The maximum Gasteiger partial charge on any atom is 0.339 e. The lowest BCUT2D eigenvalue weighted by Gasteiger charge is -2.12. The fraction of sp³-hybridized carbons (Fsp3) is 0.455. The van der Waals surface area contributed by atoms with Gasteiger partial charge in [-0.25, -0.2) is 9.78 Å². The number of aliphatic hydroxyl groups excluding tert-OH is 1. The molecule has 94 valence electrons. The molecule has 0 saturated carbocycles. The van der Waals surface area contributed by atoms with E-state index in [1.807, 2.05) is 6.92 Å². The van der Waals surface area contributed by atoms with Gasteiger partial charge in [0.15, 0.2) is 0 Å². The van der Waals surface area contributed by atoms with Crippen LogP contribution in [-0.4, -0.2) is 33.8 Å². The molecule has 1 atom stereocenters. The zero-order valence-corrected chi connectivity index (χ0v) is 10.2.